The maximum Gasteiger partial charge on any atom is 0.260 e. The molecule has 0 saturated heterocycles. The van der Waals surface area contributed by atoms with Crippen molar-refractivity contribution in [2.24, 2.45) is 0 Å². The van der Waals surface area contributed by atoms with E-state index in [0.29, 0.717) is 0 Å². The molecule has 0 bridgehead atoms. The zero-order valence-electron chi connectivity index (χ0n) is 19.0. The van der Waals surface area contributed by atoms with Gasteiger partial charge in [0.1, 0.15) is 23.0 Å². The van der Waals surface area contributed by atoms with Gasteiger partial charge in [-0.2, -0.15) is 0 Å². The lowest BCUT2D eigenvalue weighted by atomic mass is 9.34. The van der Waals surface area contributed by atoms with E-state index < -0.39 is 0 Å². The highest BCUT2D eigenvalue weighted by Gasteiger charge is 2.40. The summed E-state index contributed by atoms with van der Waals surface area (Å²) in [6.07, 6.45) is 3.74. The summed E-state index contributed by atoms with van der Waals surface area (Å²) in [6.45, 7) is 10.0. The highest BCUT2D eigenvalue weighted by atomic mass is 16.5. The molecule has 0 fully saturated rings. The number of hydrogen-bond donors (Lipinski definition) is 0. The summed E-state index contributed by atoms with van der Waals surface area (Å²) in [5.41, 5.74) is 8.94. The second-order valence-electron chi connectivity index (χ2n) is 8.68. The molecule has 2 heterocycles. The largest absolute Gasteiger partial charge is 0.458 e. The van der Waals surface area contributed by atoms with Gasteiger partial charge in [0, 0.05) is 5.46 Å². The molecule has 0 radical (unpaired) electrons. The second kappa shape index (κ2) is 7.96. The number of ether oxygens (including phenoxy) is 2. The van der Waals surface area contributed by atoms with Crippen molar-refractivity contribution in [2.75, 3.05) is 0 Å². The zero-order valence-corrected chi connectivity index (χ0v) is 19.0. The van der Waals surface area contributed by atoms with Crippen molar-refractivity contribution in [1.29, 1.82) is 0 Å². The van der Waals surface area contributed by atoms with Gasteiger partial charge >= 0.3 is 0 Å². The van der Waals surface area contributed by atoms with Crippen LogP contribution in [0.4, 0.5) is 0 Å². The SMILES string of the molecule is C=C/C(C)=C(\C=C)c1ccc2c(c1)Oc1cccc3c1B2c1cc(-c2ccccc2)ccc1O3. The van der Waals surface area contributed by atoms with Gasteiger partial charge in [0.15, 0.2) is 0 Å². The Balaban J connectivity index is 1.56. The van der Waals surface area contributed by atoms with E-state index in [1.807, 2.05) is 43.3 Å². The fraction of sp³-hybridized carbons (Fsp3) is 0.0323. The van der Waals surface area contributed by atoms with E-state index in [2.05, 4.69) is 73.8 Å². The molecule has 0 aromatic heterocycles. The van der Waals surface area contributed by atoms with Crippen molar-refractivity contribution < 1.29 is 9.47 Å². The van der Waals surface area contributed by atoms with Crippen molar-refractivity contribution in [1.82, 2.24) is 0 Å². The number of rotatable bonds is 4. The van der Waals surface area contributed by atoms with Crippen LogP contribution in [-0.4, -0.2) is 6.71 Å². The van der Waals surface area contributed by atoms with Crippen LogP contribution in [0.25, 0.3) is 16.7 Å². The first kappa shape index (κ1) is 20.4. The Kier molecular flexibility index (Phi) is 4.77. The molecule has 6 rings (SSSR count). The minimum atomic E-state index is 0.0353. The maximum absolute atomic E-state index is 6.44. The molecule has 3 heteroatoms. The van der Waals surface area contributed by atoms with Gasteiger partial charge in [0.05, 0.1) is 0 Å². The van der Waals surface area contributed by atoms with E-state index in [-0.39, 0.29) is 6.71 Å². The van der Waals surface area contributed by atoms with Gasteiger partial charge in [-0.15, -0.1) is 0 Å². The van der Waals surface area contributed by atoms with Crippen LogP contribution in [0.1, 0.15) is 12.5 Å². The van der Waals surface area contributed by atoms with Crippen LogP contribution in [0.2, 0.25) is 0 Å². The number of fused-ring (bicyclic) bond motifs is 4. The van der Waals surface area contributed by atoms with E-state index >= 15 is 0 Å². The number of allylic oxidation sites excluding steroid dienone is 4. The van der Waals surface area contributed by atoms with Gasteiger partial charge in [0.25, 0.3) is 6.71 Å². The molecular formula is C31H23BO2. The lowest BCUT2D eigenvalue weighted by Crippen LogP contribution is -2.57. The van der Waals surface area contributed by atoms with E-state index in [1.54, 1.807) is 0 Å². The van der Waals surface area contributed by atoms with Gasteiger partial charge < -0.3 is 9.47 Å². The average Bonchev–Trinajstić information content (AvgIpc) is 2.89. The Morgan fingerprint density at radius 3 is 2.18 bits per heavy atom. The molecule has 0 atom stereocenters. The predicted octanol–water partition coefficient (Wildman–Crippen LogP) is 6.23. The highest BCUT2D eigenvalue weighted by molar-refractivity contribution is 6.98. The van der Waals surface area contributed by atoms with Gasteiger partial charge in [-0.05, 0) is 70.0 Å². The first-order chi connectivity index (χ1) is 16.7. The summed E-state index contributed by atoms with van der Waals surface area (Å²) in [7, 11) is 0. The van der Waals surface area contributed by atoms with Crippen molar-refractivity contribution >= 4 is 28.7 Å². The zero-order chi connectivity index (χ0) is 23.2. The molecule has 4 aromatic rings. The third kappa shape index (κ3) is 3.13. The van der Waals surface area contributed by atoms with Crippen LogP contribution in [-0.2, 0) is 0 Å². The lowest BCUT2D eigenvalue weighted by Gasteiger charge is -2.33. The topological polar surface area (TPSA) is 18.5 Å². The van der Waals surface area contributed by atoms with E-state index in [9.17, 15) is 0 Å². The third-order valence-corrected chi connectivity index (χ3v) is 6.75. The summed E-state index contributed by atoms with van der Waals surface area (Å²) in [5.74, 6) is 3.45. The second-order valence-corrected chi connectivity index (χ2v) is 8.68. The van der Waals surface area contributed by atoms with Crippen molar-refractivity contribution in [3.8, 4) is 34.1 Å². The average molecular weight is 438 g/mol. The van der Waals surface area contributed by atoms with Crippen LogP contribution < -0.4 is 25.9 Å². The molecule has 162 valence electrons. The molecular weight excluding hydrogens is 415 g/mol. The van der Waals surface area contributed by atoms with Crippen LogP contribution in [0, 0.1) is 0 Å². The van der Waals surface area contributed by atoms with Crippen molar-refractivity contribution in [2.45, 2.75) is 6.92 Å². The third-order valence-electron chi connectivity index (χ3n) is 6.75. The van der Waals surface area contributed by atoms with Gasteiger partial charge in [0.2, 0.25) is 0 Å². The maximum atomic E-state index is 6.44. The quantitative estimate of drug-likeness (QED) is 0.240. The molecule has 2 aliphatic rings. The molecule has 4 aromatic carbocycles. The molecule has 34 heavy (non-hydrogen) atoms. The fourth-order valence-electron chi connectivity index (χ4n) is 5.02. The van der Waals surface area contributed by atoms with Gasteiger partial charge in [-0.25, -0.2) is 0 Å². The van der Waals surface area contributed by atoms with E-state index in [1.165, 1.54) is 11.1 Å². The number of hydrogen-bond acceptors (Lipinski definition) is 2. The summed E-state index contributed by atoms with van der Waals surface area (Å²) in [4.78, 5) is 0. The Morgan fingerprint density at radius 2 is 1.44 bits per heavy atom. The molecule has 0 N–H and O–H groups in total. The minimum absolute atomic E-state index is 0.0353. The van der Waals surface area contributed by atoms with Crippen LogP contribution in [0.15, 0.2) is 116 Å². The smallest absolute Gasteiger partial charge is 0.260 e. The first-order valence-electron chi connectivity index (χ1n) is 11.5. The Hall–Kier alpha value is -4.24. The van der Waals surface area contributed by atoms with Crippen LogP contribution in [0.3, 0.4) is 0 Å². The molecule has 2 aliphatic heterocycles. The van der Waals surface area contributed by atoms with Crippen molar-refractivity contribution in [3.05, 3.63) is 121 Å². The molecule has 0 amide bonds. The van der Waals surface area contributed by atoms with E-state index in [4.69, 9.17) is 9.47 Å². The molecule has 0 spiro atoms. The van der Waals surface area contributed by atoms with E-state index in [0.717, 1.165) is 56.1 Å². The predicted molar refractivity (Wildman–Crippen MR) is 143 cm³/mol. The summed E-state index contributed by atoms with van der Waals surface area (Å²) < 4.78 is 12.8. The fourth-order valence-corrected chi connectivity index (χ4v) is 5.02. The summed E-state index contributed by atoms with van der Waals surface area (Å²) in [5, 5.41) is 0. The van der Waals surface area contributed by atoms with Gasteiger partial charge in [-0.3, -0.25) is 0 Å². The highest BCUT2D eigenvalue weighted by Crippen LogP contribution is 2.36. The monoisotopic (exact) mass is 438 g/mol. The van der Waals surface area contributed by atoms with Gasteiger partial charge in [-0.1, -0.05) is 86.0 Å². The molecule has 0 aliphatic carbocycles. The van der Waals surface area contributed by atoms with Crippen molar-refractivity contribution in [3.63, 3.8) is 0 Å². The Labute approximate surface area is 200 Å². The molecule has 0 unspecified atom stereocenters. The Morgan fingerprint density at radius 1 is 0.676 bits per heavy atom. The Bertz CT molecular complexity index is 1500. The van der Waals surface area contributed by atoms with Crippen LogP contribution >= 0.6 is 0 Å². The van der Waals surface area contributed by atoms with Crippen LogP contribution in [0.5, 0.6) is 23.0 Å². The molecule has 0 saturated carbocycles. The first-order valence-corrected chi connectivity index (χ1v) is 11.5. The normalized spacial score (nSPS) is 13.4. The summed E-state index contributed by atoms with van der Waals surface area (Å²) >= 11 is 0. The molecule has 2 nitrogen and oxygen atoms in total. The minimum Gasteiger partial charge on any atom is -0.458 e. The lowest BCUT2D eigenvalue weighted by molar-refractivity contribution is 0.464. The standard InChI is InChI=1S/C31H23BO2/c1-4-20(3)24(5-2)23-14-16-25-30(19-23)34-29-13-9-12-28-31(29)32(25)26-18-22(15-17-27(26)33-28)21-10-7-6-8-11-21/h4-19H,1-2H2,3H3/b24-20+. The summed E-state index contributed by atoms with van der Waals surface area (Å²) in [6, 6.07) is 29.4. The number of benzene rings is 4.